The third-order valence-corrected chi connectivity index (χ3v) is 3.66. The maximum atomic E-state index is 4.57. The highest BCUT2D eigenvalue weighted by atomic mass is 15.0. The van der Waals surface area contributed by atoms with Crippen LogP contribution in [0.1, 0.15) is 41.2 Å². The van der Waals surface area contributed by atoms with Gasteiger partial charge in [0.25, 0.3) is 0 Å². The molecule has 0 aliphatic carbocycles. The van der Waals surface area contributed by atoms with Crippen LogP contribution in [-0.4, -0.2) is 16.5 Å². The van der Waals surface area contributed by atoms with Crippen LogP contribution in [0.25, 0.3) is 0 Å². The van der Waals surface area contributed by atoms with Gasteiger partial charge >= 0.3 is 0 Å². The summed E-state index contributed by atoms with van der Waals surface area (Å²) in [6.07, 6.45) is 2.80. The molecule has 0 aliphatic heterocycles. The molecule has 2 aromatic rings. The lowest BCUT2D eigenvalue weighted by atomic mass is 9.95. The molecule has 106 valence electrons. The van der Waals surface area contributed by atoms with Gasteiger partial charge in [-0.1, -0.05) is 25.1 Å². The average Bonchev–Trinajstić information content (AvgIpc) is 2.42. The van der Waals surface area contributed by atoms with Crippen LogP contribution >= 0.6 is 0 Å². The zero-order valence-corrected chi connectivity index (χ0v) is 12.8. The Morgan fingerprint density at radius 2 is 1.80 bits per heavy atom. The molecule has 0 amide bonds. The Balaban J connectivity index is 2.30. The highest BCUT2D eigenvalue weighted by Gasteiger charge is 2.15. The van der Waals surface area contributed by atoms with Crippen molar-refractivity contribution in [2.75, 3.05) is 6.54 Å². The van der Waals surface area contributed by atoms with E-state index in [1.165, 1.54) is 16.7 Å². The second-order valence-electron chi connectivity index (χ2n) is 5.21. The van der Waals surface area contributed by atoms with Crippen molar-refractivity contribution >= 4 is 0 Å². The van der Waals surface area contributed by atoms with E-state index >= 15 is 0 Å². The Labute approximate surface area is 121 Å². The van der Waals surface area contributed by atoms with Gasteiger partial charge in [-0.15, -0.1) is 0 Å². The predicted octanol–water partition coefficient (Wildman–Crippen LogP) is 3.30. The molecule has 1 unspecified atom stereocenters. The Kier molecular flexibility index (Phi) is 4.85. The van der Waals surface area contributed by atoms with E-state index in [4.69, 9.17) is 0 Å². The second-order valence-corrected chi connectivity index (χ2v) is 5.21. The molecule has 1 atom stereocenters. The first-order chi connectivity index (χ1) is 9.61. The molecular formula is C17H23N3. The molecular weight excluding hydrogens is 246 g/mol. The zero-order chi connectivity index (χ0) is 14.5. The Bertz CT molecular complexity index is 558. The quantitative estimate of drug-likeness (QED) is 0.905. The maximum absolute atomic E-state index is 4.57. The van der Waals surface area contributed by atoms with Crippen LogP contribution in [0.2, 0.25) is 0 Å². The fourth-order valence-corrected chi connectivity index (χ4v) is 2.57. The highest BCUT2D eigenvalue weighted by molar-refractivity contribution is 5.34. The van der Waals surface area contributed by atoms with Gasteiger partial charge in [-0.2, -0.15) is 0 Å². The van der Waals surface area contributed by atoms with Crippen molar-refractivity contribution < 1.29 is 0 Å². The summed E-state index contributed by atoms with van der Waals surface area (Å²) in [6, 6.07) is 8.72. The van der Waals surface area contributed by atoms with Gasteiger partial charge in [0.1, 0.15) is 5.82 Å². The van der Waals surface area contributed by atoms with Crippen LogP contribution in [0.3, 0.4) is 0 Å². The minimum absolute atomic E-state index is 0.238. The van der Waals surface area contributed by atoms with Gasteiger partial charge in [0, 0.05) is 6.20 Å². The SMILES string of the molecule is CCNC(Cc1c(C)cccc1C)c1ccnc(C)n1. The summed E-state index contributed by atoms with van der Waals surface area (Å²) in [5, 5.41) is 3.54. The monoisotopic (exact) mass is 269 g/mol. The number of rotatable bonds is 5. The fraction of sp³-hybridized carbons (Fsp3) is 0.412. The van der Waals surface area contributed by atoms with Gasteiger partial charge in [0.05, 0.1) is 11.7 Å². The van der Waals surface area contributed by atoms with Crippen LogP contribution in [0.15, 0.2) is 30.5 Å². The zero-order valence-electron chi connectivity index (χ0n) is 12.8. The molecule has 0 radical (unpaired) electrons. The van der Waals surface area contributed by atoms with E-state index in [1.54, 1.807) is 0 Å². The Morgan fingerprint density at radius 3 is 2.40 bits per heavy atom. The Hall–Kier alpha value is -1.74. The van der Waals surface area contributed by atoms with Crippen LogP contribution in [0, 0.1) is 20.8 Å². The number of aromatic nitrogens is 2. The summed E-state index contributed by atoms with van der Waals surface area (Å²) in [7, 11) is 0. The molecule has 1 aromatic carbocycles. The number of hydrogen-bond acceptors (Lipinski definition) is 3. The molecule has 1 aromatic heterocycles. The summed E-state index contributed by atoms with van der Waals surface area (Å²) in [5.41, 5.74) is 5.18. The lowest BCUT2D eigenvalue weighted by molar-refractivity contribution is 0.532. The van der Waals surface area contributed by atoms with E-state index in [1.807, 2.05) is 19.2 Å². The van der Waals surface area contributed by atoms with Crippen LogP contribution < -0.4 is 5.32 Å². The van der Waals surface area contributed by atoms with Crippen molar-refractivity contribution in [2.24, 2.45) is 0 Å². The number of aryl methyl sites for hydroxylation is 3. The number of hydrogen-bond donors (Lipinski definition) is 1. The smallest absolute Gasteiger partial charge is 0.125 e. The van der Waals surface area contributed by atoms with Gasteiger partial charge in [0.2, 0.25) is 0 Å². The predicted molar refractivity (Wildman–Crippen MR) is 82.8 cm³/mol. The lowest BCUT2D eigenvalue weighted by Crippen LogP contribution is -2.24. The normalized spacial score (nSPS) is 12.4. The van der Waals surface area contributed by atoms with Gasteiger partial charge in [-0.05, 0) is 56.5 Å². The highest BCUT2D eigenvalue weighted by Crippen LogP contribution is 2.22. The summed E-state index contributed by atoms with van der Waals surface area (Å²) in [6.45, 7) is 9.35. The largest absolute Gasteiger partial charge is 0.309 e. The summed E-state index contributed by atoms with van der Waals surface area (Å²) >= 11 is 0. The first kappa shape index (κ1) is 14.7. The molecule has 0 spiro atoms. The molecule has 3 nitrogen and oxygen atoms in total. The number of nitrogens with zero attached hydrogens (tertiary/aromatic N) is 2. The number of nitrogens with one attached hydrogen (secondary N) is 1. The fourth-order valence-electron chi connectivity index (χ4n) is 2.57. The third-order valence-electron chi connectivity index (χ3n) is 3.66. The average molecular weight is 269 g/mol. The summed E-state index contributed by atoms with van der Waals surface area (Å²) < 4.78 is 0. The molecule has 1 N–H and O–H groups in total. The molecule has 20 heavy (non-hydrogen) atoms. The van der Waals surface area contributed by atoms with E-state index in [0.717, 1.165) is 24.5 Å². The van der Waals surface area contributed by atoms with Crippen LogP contribution in [-0.2, 0) is 6.42 Å². The van der Waals surface area contributed by atoms with Crippen LogP contribution in [0.4, 0.5) is 0 Å². The van der Waals surface area contributed by atoms with Crippen molar-refractivity contribution in [3.8, 4) is 0 Å². The minimum Gasteiger partial charge on any atom is -0.309 e. The second kappa shape index (κ2) is 6.62. The van der Waals surface area contributed by atoms with Gasteiger partial charge in [0.15, 0.2) is 0 Å². The molecule has 0 aliphatic rings. The first-order valence-corrected chi connectivity index (χ1v) is 7.19. The molecule has 0 bridgehead atoms. The summed E-state index contributed by atoms with van der Waals surface area (Å²) in [5.74, 6) is 0.826. The first-order valence-electron chi connectivity index (χ1n) is 7.19. The van der Waals surface area contributed by atoms with Crippen molar-refractivity contribution in [2.45, 2.75) is 40.2 Å². The standard InChI is InChI=1S/C17H23N3/c1-5-18-17(16-9-10-19-14(4)20-16)11-15-12(2)7-6-8-13(15)3/h6-10,17-18H,5,11H2,1-4H3. The van der Waals surface area contributed by atoms with Crippen molar-refractivity contribution in [3.63, 3.8) is 0 Å². The van der Waals surface area contributed by atoms with Gasteiger partial charge in [-0.25, -0.2) is 9.97 Å². The molecule has 0 fully saturated rings. The maximum Gasteiger partial charge on any atom is 0.125 e. The molecule has 3 heteroatoms. The third kappa shape index (κ3) is 3.42. The van der Waals surface area contributed by atoms with Gasteiger partial charge < -0.3 is 5.32 Å². The number of likely N-dealkylation sites (N-methyl/N-ethyl adjacent to an activating group) is 1. The van der Waals surface area contributed by atoms with E-state index in [0.29, 0.717) is 0 Å². The summed E-state index contributed by atoms with van der Waals surface area (Å²) in [4.78, 5) is 8.76. The van der Waals surface area contributed by atoms with E-state index in [2.05, 4.69) is 54.3 Å². The molecule has 0 saturated heterocycles. The molecule has 1 heterocycles. The van der Waals surface area contributed by atoms with Crippen molar-refractivity contribution in [1.82, 2.24) is 15.3 Å². The molecule has 0 saturated carbocycles. The molecule has 2 rings (SSSR count). The van der Waals surface area contributed by atoms with E-state index in [-0.39, 0.29) is 6.04 Å². The Morgan fingerprint density at radius 1 is 1.10 bits per heavy atom. The van der Waals surface area contributed by atoms with Crippen molar-refractivity contribution in [3.05, 3.63) is 58.7 Å². The van der Waals surface area contributed by atoms with Gasteiger partial charge in [-0.3, -0.25) is 0 Å². The minimum atomic E-state index is 0.238. The van der Waals surface area contributed by atoms with E-state index < -0.39 is 0 Å². The van der Waals surface area contributed by atoms with E-state index in [9.17, 15) is 0 Å². The topological polar surface area (TPSA) is 37.8 Å². The van der Waals surface area contributed by atoms with Crippen molar-refractivity contribution in [1.29, 1.82) is 0 Å². The van der Waals surface area contributed by atoms with Crippen LogP contribution in [0.5, 0.6) is 0 Å². The number of benzene rings is 1. The lowest BCUT2D eigenvalue weighted by Gasteiger charge is -2.20.